The zero-order chi connectivity index (χ0) is 20.7. The van der Waals surface area contributed by atoms with Crippen LogP contribution in [-0.4, -0.2) is 21.4 Å². The van der Waals surface area contributed by atoms with Crippen LogP contribution in [0.3, 0.4) is 0 Å². The lowest BCUT2D eigenvalue weighted by Gasteiger charge is -2.12. The van der Waals surface area contributed by atoms with Crippen molar-refractivity contribution in [2.45, 2.75) is 17.7 Å². The zero-order valence-electron chi connectivity index (χ0n) is 16.0. The molecule has 0 unspecified atom stereocenters. The number of amides is 1. The predicted molar refractivity (Wildman–Crippen MR) is 114 cm³/mol. The largest absolute Gasteiger partial charge is 0.495 e. The van der Waals surface area contributed by atoms with Crippen LogP contribution in [-0.2, 0) is 21.2 Å². The lowest BCUT2D eigenvalue weighted by molar-refractivity contribution is -0.116. The van der Waals surface area contributed by atoms with Gasteiger partial charge in [0.25, 0.3) is 10.0 Å². The molecular weight excluding hydrogens is 388 g/mol. The summed E-state index contributed by atoms with van der Waals surface area (Å²) in [5.41, 5.74) is 1.99. The van der Waals surface area contributed by atoms with Gasteiger partial charge in [-0.1, -0.05) is 42.5 Å². The van der Waals surface area contributed by atoms with Gasteiger partial charge < -0.3 is 10.1 Å². The summed E-state index contributed by atoms with van der Waals surface area (Å²) in [5, 5.41) is 2.78. The maximum atomic E-state index is 12.6. The van der Waals surface area contributed by atoms with Crippen LogP contribution in [0.1, 0.15) is 12.0 Å². The van der Waals surface area contributed by atoms with E-state index in [9.17, 15) is 13.2 Å². The summed E-state index contributed by atoms with van der Waals surface area (Å²) in [6.07, 6.45) is 0.987. The molecule has 0 bridgehead atoms. The van der Waals surface area contributed by atoms with Crippen LogP contribution in [0, 0.1) is 0 Å². The maximum absolute atomic E-state index is 12.6. The lowest BCUT2D eigenvalue weighted by Crippen LogP contribution is -2.14. The predicted octanol–water partition coefficient (Wildman–Crippen LogP) is 4.07. The fourth-order valence-electron chi connectivity index (χ4n) is 2.78. The first kappa shape index (κ1) is 20.4. The number of benzene rings is 3. The molecule has 0 spiro atoms. The van der Waals surface area contributed by atoms with Crippen LogP contribution < -0.4 is 14.8 Å². The van der Waals surface area contributed by atoms with E-state index in [0.717, 1.165) is 5.56 Å². The molecule has 0 aliphatic heterocycles. The zero-order valence-corrected chi connectivity index (χ0v) is 16.8. The van der Waals surface area contributed by atoms with Crippen LogP contribution in [0.25, 0.3) is 0 Å². The average molecular weight is 410 g/mol. The van der Waals surface area contributed by atoms with Gasteiger partial charge in [-0.25, -0.2) is 8.42 Å². The van der Waals surface area contributed by atoms with Gasteiger partial charge in [-0.15, -0.1) is 0 Å². The highest BCUT2D eigenvalue weighted by molar-refractivity contribution is 7.92. The Morgan fingerprint density at radius 1 is 0.897 bits per heavy atom. The van der Waals surface area contributed by atoms with E-state index in [0.29, 0.717) is 30.0 Å². The fraction of sp³-hybridized carbons (Fsp3) is 0.136. The number of hydrogen-bond donors (Lipinski definition) is 2. The van der Waals surface area contributed by atoms with E-state index in [4.69, 9.17) is 4.74 Å². The second-order valence-corrected chi connectivity index (χ2v) is 8.05. The van der Waals surface area contributed by atoms with E-state index in [2.05, 4.69) is 10.0 Å². The molecule has 2 N–H and O–H groups in total. The van der Waals surface area contributed by atoms with Gasteiger partial charge in [0.05, 0.1) is 17.7 Å². The molecule has 1 amide bonds. The highest BCUT2D eigenvalue weighted by Gasteiger charge is 2.16. The number of ether oxygens (including phenoxy) is 1. The van der Waals surface area contributed by atoms with Crippen LogP contribution in [0.5, 0.6) is 5.75 Å². The van der Waals surface area contributed by atoms with Gasteiger partial charge in [-0.05, 0) is 48.4 Å². The number of rotatable bonds is 8. The normalized spacial score (nSPS) is 10.9. The number of carbonyl (C=O) groups is 1. The monoisotopic (exact) mass is 410 g/mol. The van der Waals surface area contributed by atoms with Crippen molar-refractivity contribution in [1.82, 2.24) is 0 Å². The first-order valence-electron chi connectivity index (χ1n) is 9.07. The molecule has 0 radical (unpaired) electrons. The topological polar surface area (TPSA) is 84.5 Å². The van der Waals surface area contributed by atoms with Crippen molar-refractivity contribution in [2.75, 3.05) is 17.1 Å². The minimum absolute atomic E-state index is 0.0886. The van der Waals surface area contributed by atoms with Gasteiger partial charge in [-0.2, -0.15) is 0 Å². The van der Waals surface area contributed by atoms with Crippen molar-refractivity contribution in [3.63, 3.8) is 0 Å². The van der Waals surface area contributed by atoms with E-state index >= 15 is 0 Å². The fourth-order valence-corrected chi connectivity index (χ4v) is 3.85. The van der Waals surface area contributed by atoms with Gasteiger partial charge in [0.2, 0.25) is 5.91 Å². The van der Waals surface area contributed by atoms with E-state index in [1.165, 1.54) is 19.2 Å². The number of anilines is 2. The number of aryl methyl sites for hydroxylation is 1. The van der Waals surface area contributed by atoms with Crippen LogP contribution in [0.15, 0.2) is 83.8 Å². The molecule has 7 heteroatoms. The Morgan fingerprint density at radius 2 is 1.55 bits per heavy atom. The smallest absolute Gasteiger partial charge is 0.262 e. The molecule has 3 rings (SSSR count). The van der Waals surface area contributed by atoms with Crippen LogP contribution >= 0.6 is 0 Å². The molecule has 0 saturated heterocycles. The Bertz CT molecular complexity index is 1070. The summed E-state index contributed by atoms with van der Waals surface area (Å²) in [6.45, 7) is 0. The standard InChI is InChI=1S/C22H22N2O4S/c1-28-21-10-6-5-9-20(21)24-29(26,27)19-14-12-18(13-15-19)23-22(25)16-11-17-7-3-2-4-8-17/h2-10,12-15,24H,11,16H2,1H3,(H,23,25). The third-order valence-corrected chi connectivity index (χ3v) is 5.66. The number of carbonyl (C=O) groups excluding carboxylic acids is 1. The molecule has 0 fully saturated rings. The van der Waals surface area contributed by atoms with E-state index in [-0.39, 0.29) is 10.8 Å². The minimum Gasteiger partial charge on any atom is -0.495 e. The van der Waals surface area contributed by atoms with Crippen LogP contribution in [0.2, 0.25) is 0 Å². The Morgan fingerprint density at radius 3 is 2.24 bits per heavy atom. The van der Waals surface area contributed by atoms with Crippen molar-refractivity contribution in [2.24, 2.45) is 0 Å². The second-order valence-electron chi connectivity index (χ2n) is 6.36. The number of para-hydroxylation sites is 2. The molecule has 3 aromatic carbocycles. The Kier molecular flexibility index (Phi) is 6.51. The van der Waals surface area contributed by atoms with E-state index in [1.54, 1.807) is 36.4 Å². The van der Waals surface area contributed by atoms with E-state index < -0.39 is 10.0 Å². The summed E-state index contributed by atoms with van der Waals surface area (Å²) >= 11 is 0. The molecule has 29 heavy (non-hydrogen) atoms. The summed E-state index contributed by atoms with van der Waals surface area (Å²) in [4.78, 5) is 12.2. The SMILES string of the molecule is COc1ccccc1NS(=O)(=O)c1ccc(NC(=O)CCc2ccccc2)cc1. The summed E-state index contributed by atoms with van der Waals surface area (Å²) in [7, 11) is -2.31. The highest BCUT2D eigenvalue weighted by Crippen LogP contribution is 2.26. The number of methoxy groups -OCH3 is 1. The third kappa shape index (κ3) is 5.58. The molecule has 0 atom stereocenters. The average Bonchev–Trinajstić information content (AvgIpc) is 2.73. The van der Waals surface area contributed by atoms with Crippen LogP contribution in [0.4, 0.5) is 11.4 Å². The molecule has 6 nitrogen and oxygen atoms in total. The molecule has 0 heterocycles. The van der Waals surface area contributed by atoms with Gasteiger partial charge in [0, 0.05) is 12.1 Å². The van der Waals surface area contributed by atoms with Crippen molar-refractivity contribution < 1.29 is 17.9 Å². The van der Waals surface area contributed by atoms with E-state index in [1.807, 2.05) is 30.3 Å². The van der Waals surface area contributed by atoms with Gasteiger partial charge in [0.1, 0.15) is 5.75 Å². The minimum atomic E-state index is -3.78. The first-order chi connectivity index (χ1) is 14.0. The maximum Gasteiger partial charge on any atom is 0.262 e. The van der Waals surface area contributed by atoms with Gasteiger partial charge in [0.15, 0.2) is 0 Å². The molecule has 0 saturated carbocycles. The third-order valence-electron chi connectivity index (χ3n) is 4.28. The van der Waals surface area contributed by atoms with Crippen molar-refractivity contribution in [1.29, 1.82) is 0 Å². The number of nitrogens with one attached hydrogen (secondary N) is 2. The van der Waals surface area contributed by atoms with Crippen molar-refractivity contribution in [3.05, 3.63) is 84.4 Å². The molecule has 0 aliphatic carbocycles. The van der Waals surface area contributed by atoms with Crippen molar-refractivity contribution >= 4 is 27.3 Å². The van der Waals surface area contributed by atoms with Gasteiger partial charge >= 0.3 is 0 Å². The lowest BCUT2D eigenvalue weighted by atomic mass is 10.1. The Balaban J connectivity index is 1.62. The Hall–Kier alpha value is -3.32. The Labute approximate surface area is 170 Å². The second kappa shape index (κ2) is 9.25. The molecule has 0 aliphatic rings. The molecule has 150 valence electrons. The molecule has 0 aromatic heterocycles. The summed E-state index contributed by atoms with van der Waals surface area (Å²) < 4.78 is 32.9. The first-order valence-corrected chi connectivity index (χ1v) is 10.6. The molecule has 3 aromatic rings. The molecular formula is C22H22N2O4S. The quantitative estimate of drug-likeness (QED) is 0.586. The van der Waals surface area contributed by atoms with Gasteiger partial charge in [-0.3, -0.25) is 9.52 Å². The highest BCUT2D eigenvalue weighted by atomic mass is 32.2. The summed E-state index contributed by atoms with van der Waals surface area (Å²) in [5.74, 6) is 0.301. The van der Waals surface area contributed by atoms with Crippen molar-refractivity contribution in [3.8, 4) is 5.75 Å². The number of sulfonamides is 1. The summed E-state index contributed by atoms with van der Waals surface area (Å²) in [6, 6.07) is 22.6. The number of hydrogen-bond acceptors (Lipinski definition) is 4.